The van der Waals surface area contributed by atoms with Crippen LogP contribution in [0.25, 0.3) is 0 Å². The topological polar surface area (TPSA) is 0 Å². The van der Waals surface area contributed by atoms with Crippen LogP contribution >= 0.6 is 0 Å². The maximum absolute atomic E-state index is 2.59. The predicted octanol–water partition coefficient (Wildman–Crippen LogP) is 9.43. The Bertz CT molecular complexity index is 608. The lowest BCUT2D eigenvalue weighted by atomic mass is 9.73. The Labute approximate surface area is 182 Å². The molecule has 3 rings (SSSR count). The Morgan fingerprint density at radius 3 is 2.48 bits per heavy atom. The number of unbranched alkanes of at least 4 members (excludes halogenated alkanes) is 1. The second kappa shape index (κ2) is 10.5. The largest absolute Gasteiger partial charge is 0.0853 e. The maximum Gasteiger partial charge on any atom is -0.0169 e. The summed E-state index contributed by atoms with van der Waals surface area (Å²) in [6.07, 6.45) is 25.8. The molecule has 3 saturated carbocycles. The highest BCUT2D eigenvalue weighted by Gasteiger charge is 2.39. The first kappa shape index (κ1) is 22.9. The molecule has 3 aliphatic rings. The molecule has 0 heteroatoms. The highest BCUT2D eigenvalue weighted by Crippen LogP contribution is 2.50. The summed E-state index contributed by atoms with van der Waals surface area (Å²) in [6, 6.07) is 0. The Hall–Kier alpha value is -0.780. The van der Waals surface area contributed by atoms with Crippen molar-refractivity contribution in [3.8, 4) is 0 Å². The summed E-state index contributed by atoms with van der Waals surface area (Å²) >= 11 is 0. The SMILES string of the molecule is CC/C=C1/CC/C(=C/C=C2\CCCC3C(CCCCC(C)(C)C)CCC23)C[C@H]1C. The minimum atomic E-state index is 0.510. The molecule has 164 valence electrons. The van der Waals surface area contributed by atoms with Gasteiger partial charge in [-0.1, -0.05) is 88.8 Å². The molecular formula is C29H48. The van der Waals surface area contributed by atoms with Gasteiger partial charge in [-0.2, -0.15) is 0 Å². The van der Waals surface area contributed by atoms with Crippen LogP contribution in [0.5, 0.6) is 0 Å². The van der Waals surface area contributed by atoms with E-state index in [-0.39, 0.29) is 0 Å². The Kier molecular flexibility index (Phi) is 8.29. The molecule has 3 aliphatic carbocycles. The lowest BCUT2D eigenvalue weighted by molar-refractivity contribution is 0.257. The molecule has 0 nitrogen and oxygen atoms in total. The minimum Gasteiger partial charge on any atom is -0.0853 e. The number of allylic oxidation sites excluding steroid dienone is 6. The van der Waals surface area contributed by atoms with Crippen LogP contribution in [0.2, 0.25) is 0 Å². The standard InChI is InChI=1S/C29H48/c1-6-10-24-16-14-23(21-22(24)2)15-17-26-12-9-13-27-25(18-19-28(26)27)11-7-8-20-29(3,4)5/h10,15,17,22,25,27-28H,6-9,11-14,16,18-21H2,1-5H3/b23-15-,24-10-,26-17+/t22-,25?,27?,28?/m1/s1. The van der Waals surface area contributed by atoms with E-state index in [9.17, 15) is 0 Å². The van der Waals surface area contributed by atoms with E-state index < -0.39 is 0 Å². The normalized spacial score (nSPS) is 34.9. The van der Waals surface area contributed by atoms with Gasteiger partial charge in [0, 0.05) is 0 Å². The van der Waals surface area contributed by atoms with Gasteiger partial charge in [0.2, 0.25) is 0 Å². The average Bonchev–Trinajstić information content (AvgIpc) is 3.09. The molecule has 29 heavy (non-hydrogen) atoms. The summed E-state index contributed by atoms with van der Waals surface area (Å²) in [7, 11) is 0. The van der Waals surface area contributed by atoms with Crippen LogP contribution in [0.15, 0.2) is 34.9 Å². The highest BCUT2D eigenvalue weighted by molar-refractivity contribution is 5.26. The van der Waals surface area contributed by atoms with Crippen LogP contribution in [0, 0.1) is 29.1 Å². The fraction of sp³-hybridized carbons (Fsp3) is 0.793. The summed E-state index contributed by atoms with van der Waals surface area (Å²) in [5, 5.41) is 0. The summed E-state index contributed by atoms with van der Waals surface area (Å²) in [5.74, 6) is 3.71. The van der Waals surface area contributed by atoms with Gasteiger partial charge in [-0.25, -0.2) is 0 Å². The van der Waals surface area contributed by atoms with Crippen molar-refractivity contribution in [2.75, 3.05) is 0 Å². The Morgan fingerprint density at radius 2 is 1.76 bits per heavy atom. The van der Waals surface area contributed by atoms with Gasteiger partial charge >= 0.3 is 0 Å². The van der Waals surface area contributed by atoms with Crippen LogP contribution < -0.4 is 0 Å². The van der Waals surface area contributed by atoms with Gasteiger partial charge in [0.1, 0.15) is 0 Å². The van der Waals surface area contributed by atoms with Crippen molar-refractivity contribution >= 4 is 0 Å². The van der Waals surface area contributed by atoms with Gasteiger partial charge in [0.25, 0.3) is 0 Å². The lowest BCUT2D eigenvalue weighted by Gasteiger charge is -2.32. The zero-order valence-electron chi connectivity index (χ0n) is 20.2. The molecule has 3 unspecified atom stereocenters. The molecule has 0 bridgehead atoms. The van der Waals surface area contributed by atoms with Crippen molar-refractivity contribution in [2.45, 2.75) is 118 Å². The zero-order valence-corrected chi connectivity index (χ0v) is 20.2. The Balaban J connectivity index is 1.54. The Morgan fingerprint density at radius 1 is 0.931 bits per heavy atom. The van der Waals surface area contributed by atoms with E-state index in [0.29, 0.717) is 5.41 Å². The quantitative estimate of drug-likeness (QED) is 0.310. The van der Waals surface area contributed by atoms with Crippen LogP contribution in [-0.4, -0.2) is 0 Å². The number of fused-ring (bicyclic) bond motifs is 1. The highest BCUT2D eigenvalue weighted by atomic mass is 14.4. The molecule has 0 amide bonds. The first-order valence-electron chi connectivity index (χ1n) is 12.9. The van der Waals surface area contributed by atoms with E-state index >= 15 is 0 Å². The molecule has 3 fully saturated rings. The molecule has 0 aromatic rings. The van der Waals surface area contributed by atoms with Crippen LogP contribution in [-0.2, 0) is 0 Å². The van der Waals surface area contributed by atoms with Gasteiger partial charge in [0.15, 0.2) is 0 Å². The predicted molar refractivity (Wildman–Crippen MR) is 129 cm³/mol. The van der Waals surface area contributed by atoms with Crippen molar-refractivity contribution in [3.63, 3.8) is 0 Å². The smallest absolute Gasteiger partial charge is 0.0169 e. The molecule has 0 aliphatic heterocycles. The van der Waals surface area contributed by atoms with Crippen molar-refractivity contribution in [3.05, 3.63) is 34.9 Å². The molecular weight excluding hydrogens is 348 g/mol. The summed E-state index contributed by atoms with van der Waals surface area (Å²) in [6.45, 7) is 11.9. The minimum absolute atomic E-state index is 0.510. The van der Waals surface area contributed by atoms with Crippen molar-refractivity contribution < 1.29 is 0 Å². The van der Waals surface area contributed by atoms with E-state index in [2.05, 4.69) is 52.8 Å². The third kappa shape index (κ3) is 6.60. The van der Waals surface area contributed by atoms with E-state index in [1.165, 1.54) is 83.5 Å². The number of hydrogen-bond acceptors (Lipinski definition) is 0. The molecule has 0 saturated heterocycles. The van der Waals surface area contributed by atoms with Gasteiger partial charge in [-0.05, 0) is 93.3 Å². The fourth-order valence-electron chi connectivity index (χ4n) is 6.52. The molecule has 0 heterocycles. The first-order chi connectivity index (χ1) is 13.9. The summed E-state index contributed by atoms with van der Waals surface area (Å²) in [4.78, 5) is 0. The van der Waals surface area contributed by atoms with Crippen LogP contribution in [0.1, 0.15) is 118 Å². The fourth-order valence-corrected chi connectivity index (χ4v) is 6.52. The second-order valence-corrected chi connectivity index (χ2v) is 11.7. The first-order valence-corrected chi connectivity index (χ1v) is 12.9. The van der Waals surface area contributed by atoms with Gasteiger partial charge in [0.05, 0.1) is 0 Å². The maximum atomic E-state index is 2.59. The average molecular weight is 397 g/mol. The summed E-state index contributed by atoms with van der Waals surface area (Å²) in [5.41, 5.74) is 5.74. The number of rotatable bonds is 6. The third-order valence-electron chi connectivity index (χ3n) is 8.14. The van der Waals surface area contributed by atoms with E-state index in [0.717, 1.165) is 23.7 Å². The van der Waals surface area contributed by atoms with E-state index in [4.69, 9.17) is 0 Å². The molecule has 0 aromatic carbocycles. The van der Waals surface area contributed by atoms with Crippen molar-refractivity contribution in [1.82, 2.24) is 0 Å². The molecule has 0 spiro atoms. The van der Waals surface area contributed by atoms with Crippen molar-refractivity contribution in [2.24, 2.45) is 29.1 Å². The monoisotopic (exact) mass is 396 g/mol. The molecule has 0 radical (unpaired) electrons. The van der Waals surface area contributed by atoms with Crippen LogP contribution in [0.4, 0.5) is 0 Å². The second-order valence-electron chi connectivity index (χ2n) is 11.7. The van der Waals surface area contributed by atoms with E-state index in [1.54, 1.807) is 11.1 Å². The zero-order chi connectivity index (χ0) is 20.9. The lowest BCUT2D eigenvalue weighted by Crippen LogP contribution is -2.21. The van der Waals surface area contributed by atoms with Gasteiger partial charge in [-0.15, -0.1) is 0 Å². The van der Waals surface area contributed by atoms with Crippen LogP contribution in [0.3, 0.4) is 0 Å². The van der Waals surface area contributed by atoms with Crippen molar-refractivity contribution in [1.29, 1.82) is 0 Å². The van der Waals surface area contributed by atoms with Gasteiger partial charge < -0.3 is 0 Å². The molecule has 4 atom stereocenters. The molecule has 0 aromatic heterocycles. The number of hydrogen-bond donors (Lipinski definition) is 0. The van der Waals surface area contributed by atoms with E-state index in [1.807, 2.05) is 5.57 Å². The van der Waals surface area contributed by atoms with Gasteiger partial charge in [-0.3, -0.25) is 0 Å². The summed E-state index contributed by atoms with van der Waals surface area (Å²) < 4.78 is 0. The third-order valence-corrected chi connectivity index (χ3v) is 8.14. The molecule has 0 N–H and O–H groups in total.